The lowest BCUT2D eigenvalue weighted by Gasteiger charge is -2.12. The number of benzene rings is 1. The standard InChI is InChI=1S/C18H16ClN5O2/c1-10-6-11(2)24(22-10)15-5-4-13(7-14(15)19)23-9-12(8-20)16(21)17(23)18(25)26-3/h4-7,9H,21H2,1-3H3. The molecule has 132 valence electrons. The normalized spacial score (nSPS) is 10.6. The maximum Gasteiger partial charge on any atom is 0.357 e. The molecule has 0 aliphatic carbocycles. The van der Waals surface area contributed by atoms with Crippen LogP contribution in [0.5, 0.6) is 0 Å². The second-order valence-electron chi connectivity index (χ2n) is 5.75. The third-order valence-corrected chi connectivity index (χ3v) is 4.29. The summed E-state index contributed by atoms with van der Waals surface area (Å²) in [6.07, 6.45) is 1.48. The zero-order chi connectivity index (χ0) is 19.0. The highest BCUT2D eigenvalue weighted by molar-refractivity contribution is 6.32. The number of rotatable bonds is 3. The van der Waals surface area contributed by atoms with Gasteiger partial charge in [0.2, 0.25) is 0 Å². The molecule has 3 aromatic rings. The first kappa shape index (κ1) is 17.6. The van der Waals surface area contributed by atoms with Crippen molar-refractivity contribution in [2.75, 3.05) is 12.8 Å². The van der Waals surface area contributed by atoms with Gasteiger partial charge in [-0.15, -0.1) is 0 Å². The van der Waals surface area contributed by atoms with Crippen molar-refractivity contribution < 1.29 is 9.53 Å². The Morgan fingerprint density at radius 2 is 2.08 bits per heavy atom. The van der Waals surface area contributed by atoms with Gasteiger partial charge in [0.05, 0.1) is 34.8 Å². The van der Waals surface area contributed by atoms with Crippen molar-refractivity contribution in [1.29, 1.82) is 5.26 Å². The number of nitrogens with zero attached hydrogens (tertiary/aromatic N) is 4. The molecule has 0 bridgehead atoms. The highest BCUT2D eigenvalue weighted by Crippen LogP contribution is 2.29. The number of ether oxygens (including phenoxy) is 1. The van der Waals surface area contributed by atoms with E-state index in [1.54, 1.807) is 22.9 Å². The van der Waals surface area contributed by atoms with Crippen LogP contribution in [0, 0.1) is 25.2 Å². The summed E-state index contributed by atoms with van der Waals surface area (Å²) >= 11 is 6.45. The molecule has 0 aliphatic rings. The number of aryl methyl sites for hydroxylation is 2. The summed E-state index contributed by atoms with van der Waals surface area (Å²) in [7, 11) is 1.25. The summed E-state index contributed by atoms with van der Waals surface area (Å²) in [4.78, 5) is 12.1. The molecule has 0 amide bonds. The highest BCUT2D eigenvalue weighted by atomic mass is 35.5. The Balaban J connectivity index is 2.15. The molecule has 1 aromatic carbocycles. The number of methoxy groups -OCH3 is 1. The largest absolute Gasteiger partial charge is 0.464 e. The molecule has 2 aromatic heterocycles. The fourth-order valence-corrected chi connectivity index (χ4v) is 3.06. The van der Waals surface area contributed by atoms with Gasteiger partial charge in [-0.2, -0.15) is 10.4 Å². The topological polar surface area (TPSA) is 98.9 Å². The molecule has 0 saturated carbocycles. The SMILES string of the molecule is COC(=O)c1c(N)c(C#N)cn1-c1ccc(-n2nc(C)cc2C)c(Cl)c1. The smallest absolute Gasteiger partial charge is 0.357 e. The molecular formula is C18H16ClN5O2. The molecule has 0 radical (unpaired) electrons. The Morgan fingerprint density at radius 3 is 2.62 bits per heavy atom. The van der Waals surface area contributed by atoms with E-state index in [2.05, 4.69) is 5.10 Å². The Labute approximate surface area is 155 Å². The zero-order valence-electron chi connectivity index (χ0n) is 14.4. The number of esters is 1. The summed E-state index contributed by atoms with van der Waals surface area (Å²) in [6, 6.07) is 9.16. The second kappa shape index (κ2) is 6.58. The lowest BCUT2D eigenvalue weighted by Crippen LogP contribution is -2.11. The van der Waals surface area contributed by atoms with E-state index in [4.69, 9.17) is 22.1 Å². The number of carbonyl (C=O) groups is 1. The summed E-state index contributed by atoms with van der Waals surface area (Å²) in [5.74, 6) is -0.636. The van der Waals surface area contributed by atoms with Gasteiger partial charge in [-0.05, 0) is 38.1 Å². The molecular weight excluding hydrogens is 354 g/mol. The number of carbonyl (C=O) groups excluding carboxylic acids is 1. The van der Waals surface area contributed by atoms with Crippen molar-refractivity contribution >= 4 is 23.3 Å². The quantitative estimate of drug-likeness (QED) is 0.715. The molecule has 0 fully saturated rings. The molecule has 0 saturated heterocycles. The summed E-state index contributed by atoms with van der Waals surface area (Å²) < 4.78 is 8.02. The van der Waals surface area contributed by atoms with E-state index in [9.17, 15) is 10.1 Å². The van der Waals surface area contributed by atoms with Gasteiger partial charge in [0, 0.05) is 17.6 Å². The van der Waals surface area contributed by atoms with Crippen LogP contribution in [0.2, 0.25) is 5.02 Å². The van der Waals surface area contributed by atoms with Crippen LogP contribution in [0.15, 0.2) is 30.5 Å². The predicted molar refractivity (Wildman–Crippen MR) is 97.8 cm³/mol. The number of anilines is 1. The van der Waals surface area contributed by atoms with Crippen molar-refractivity contribution in [3.05, 3.63) is 58.1 Å². The second-order valence-corrected chi connectivity index (χ2v) is 6.16. The van der Waals surface area contributed by atoms with E-state index in [1.165, 1.54) is 17.9 Å². The minimum atomic E-state index is -0.636. The minimum absolute atomic E-state index is 0.0677. The fraction of sp³-hybridized carbons (Fsp3) is 0.167. The van der Waals surface area contributed by atoms with Crippen molar-refractivity contribution in [1.82, 2.24) is 14.3 Å². The van der Waals surface area contributed by atoms with Gasteiger partial charge in [0.25, 0.3) is 0 Å². The number of nitriles is 1. The number of hydrogen-bond donors (Lipinski definition) is 1. The minimum Gasteiger partial charge on any atom is -0.464 e. The summed E-state index contributed by atoms with van der Waals surface area (Å²) in [5.41, 5.74) is 9.37. The van der Waals surface area contributed by atoms with Gasteiger partial charge in [-0.25, -0.2) is 9.48 Å². The first-order valence-corrected chi connectivity index (χ1v) is 8.08. The lowest BCUT2D eigenvalue weighted by molar-refractivity contribution is 0.0593. The molecule has 0 aliphatic heterocycles. The lowest BCUT2D eigenvalue weighted by atomic mass is 10.2. The van der Waals surface area contributed by atoms with Gasteiger partial charge in [-0.1, -0.05) is 11.6 Å². The number of aromatic nitrogens is 3. The third kappa shape index (κ3) is 2.80. The van der Waals surface area contributed by atoms with Gasteiger partial charge in [-0.3, -0.25) is 0 Å². The van der Waals surface area contributed by atoms with Crippen LogP contribution in [0.3, 0.4) is 0 Å². The van der Waals surface area contributed by atoms with E-state index >= 15 is 0 Å². The van der Waals surface area contributed by atoms with E-state index in [0.29, 0.717) is 16.4 Å². The van der Waals surface area contributed by atoms with E-state index in [1.807, 2.05) is 26.0 Å². The third-order valence-electron chi connectivity index (χ3n) is 3.99. The van der Waals surface area contributed by atoms with Gasteiger partial charge >= 0.3 is 5.97 Å². The molecule has 3 rings (SSSR count). The van der Waals surface area contributed by atoms with Gasteiger partial charge in [0.15, 0.2) is 5.69 Å². The molecule has 26 heavy (non-hydrogen) atoms. The monoisotopic (exact) mass is 369 g/mol. The first-order valence-electron chi connectivity index (χ1n) is 7.70. The van der Waals surface area contributed by atoms with E-state index < -0.39 is 5.97 Å². The molecule has 0 spiro atoms. The predicted octanol–water partition coefficient (Wildman–Crippen LogP) is 3.17. The Morgan fingerprint density at radius 1 is 1.35 bits per heavy atom. The fourth-order valence-electron chi connectivity index (χ4n) is 2.81. The number of nitrogen functional groups attached to an aromatic ring is 1. The van der Waals surface area contributed by atoms with Crippen LogP contribution in [-0.4, -0.2) is 27.4 Å². The van der Waals surface area contributed by atoms with Crippen LogP contribution >= 0.6 is 11.6 Å². The van der Waals surface area contributed by atoms with Crippen LogP contribution in [0.25, 0.3) is 11.4 Å². The number of hydrogen-bond acceptors (Lipinski definition) is 5. The zero-order valence-corrected chi connectivity index (χ0v) is 15.2. The Hall–Kier alpha value is -3.24. The first-order chi connectivity index (χ1) is 12.4. The van der Waals surface area contributed by atoms with E-state index in [-0.39, 0.29) is 16.9 Å². The van der Waals surface area contributed by atoms with Crippen molar-refractivity contribution in [3.63, 3.8) is 0 Å². The van der Waals surface area contributed by atoms with Crippen LogP contribution in [0.4, 0.5) is 5.69 Å². The number of nitrogens with two attached hydrogens (primary N) is 1. The average Bonchev–Trinajstić information content (AvgIpc) is 3.12. The van der Waals surface area contributed by atoms with Crippen molar-refractivity contribution in [2.45, 2.75) is 13.8 Å². The molecule has 0 unspecified atom stereocenters. The van der Waals surface area contributed by atoms with Crippen LogP contribution < -0.4 is 5.73 Å². The summed E-state index contributed by atoms with van der Waals surface area (Å²) in [5, 5.41) is 14.1. The number of halogens is 1. The Bertz CT molecular complexity index is 1060. The van der Waals surface area contributed by atoms with Crippen LogP contribution in [0.1, 0.15) is 27.4 Å². The van der Waals surface area contributed by atoms with Crippen molar-refractivity contribution in [3.8, 4) is 17.4 Å². The molecule has 8 heteroatoms. The average molecular weight is 370 g/mol. The molecule has 0 atom stereocenters. The molecule has 2 heterocycles. The van der Waals surface area contributed by atoms with Gasteiger partial charge < -0.3 is 15.0 Å². The van der Waals surface area contributed by atoms with Gasteiger partial charge in [0.1, 0.15) is 6.07 Å². The molecule has 7 nitrogen and oxygen atoms in total. The summed E-state index contributed by atoms with van der Waals surface area (Å²) in [6.45, 7) is 3.84. The maximum absolute atomic E-state index is 12.1. The Kier molecular flexibility index (Phi) is 4.45. The highest BCUT2D eigenvalue weighted by Gasteiger charge is 2.22. The maximum atomic E-state index is 12.1. The molecule has 2 N–H and O–H groups in total. The van der Waals surface area contributed by atoms with Crippen molar-refractivity contribution in [2.24, 2.45) is 0 Å². The van der Waals surface area contributed by atoms with E-state index in [0.717, 1.165) is 11.4 Å². The van der Waals surface area contributed by atoms with Crippen LogP contribution in [-0.2, 0) is 4.74 Å².